The zero-order valence-corrected chi connectivity index (χ0v) is 10.8. The van der Waals surface area contributed by atoms with Crippen LogP contribution in [0.3, 0.4) is 0 Å². The molecule has 0 spiro atoms. The summed E-state index contributed by atoms with van der Waals surface area (Å²) in [7, 11) is 0. The Morgan fingerprint density at radius 2 is 1.68 bits per heavy atom. The summed E-state index contributed by atoms with van der Waals surface area (Å²) in [6, 6.07) is 16.7. The number of hydrogen-bond acceptors (Lipinski definition) is 3. The van der Waals surface area contributed by atoms with Gasteiger partial charge in [0.25, 0.3) is 0 Å². The fraction of sp³-hybridized carbons (Fsp3) is 0.188. The number of para-hydroxylation sites is 1. The number of carbonyl (C=O) groups excluding carboxylic acids is 1. The Bertz CT molecular complexity index is 535. The van der Waals surface area contributed by atoms with Crippen molar-refractivity contribution in [1.29, 1.82) is 0 Å². The molecule has 0 aliphatic carbocycles. The molecule has 0 aromatic heterocycles. The molecule has 0 fully saturated rings. The van der Waals surface area contributed by atoms with Gasteiger partial charge in [-0.25, -0.2) is 4.79 Å². The van der Waals surface area contributed by atoms with E-state index in [1.54, 1.807) is 18.2 Å². The summed E-state index contributed by atoms with van der Waals surface area (Å²) in [5.74, 6) is 0.191. The van der Waals surface area contributed by atoms with Gasteiger partial charge < -0.3 is 9.47 Å². The minimum absolute atomic E-state index is 0.264. The summed E-state index contributed by atoms with van der Waals surface area (Å²) in [5.41, 5.74) is 1.42. The van der Waals surface area contributed by atoms with Gasteiger partial charge in [0.1, 0.15) is 17.9 Å². The third kappa shape index (κ3) is 3.58. The molecule has 98 valence electrons. The molecule has 0 amide bonds. The highest BCUT2D eigenvalue weighted by molar-refractivity contribution is 5.92. The molecule has 3 nitrogen and oxygen atoms in total. The third-order valence-electron chi connectivity index (χ3n) is 2.62. The maximum atomic E-state index is 12.0. The van der Waals surface area contributed by atoms with Crippen molar-refractivity contribution in [1.82, 2.24) is 0 Å². The van der Waals surface area contributed by atoms with Crippen molar-refractivity contribution < 1.29 is 14.3 Å². The van der Waals surface area contributed by atoms with Crippen molar-refractivity contribution in [2.45, 2.75) is 13.5 Å². The zero-order chi connectivity index (χ0) is 13.5. The first-order valence-electron chi connectivity index (χ1n) is 6.24. The van der Waals surface area contributed by atoms with E-state index in [-0.39, 0.29) is 12.6 Å². The van der Waals surface area contributed by atoms with Crippen LogP contribution in [0.4, 0.5) is 0 Å². The van der Waals surface area contributed by atoms with E-state index in [1.807, 2.05) is 43.3 Å². The molecule has 0 atom stereocenters. The van der Waals surface area contributed by atoms with Gasteiger partial charge in [-0.3, -0.25) is 0 Å². The second-order valence-corrected chi connectivity index (χ2v) is 3.99. The molecule has 2 rings (SSSR count). The van der Waals surface area contributed by atoms with Crippen LogP contribution in [0.5, 0.6) is 5.75 Å². The Hall–Kier alpha value is -2.29. The van der Waals surface area contributed by atoms with Gasteiger partial charge in [0, 0.05) is 0 Å². The van der Waals surface area contributed by atoms with Crippen molar-refractivity contribution in [2.75, 3.05) is 6.61 Å². The summed E-state index contributed by atoms with van der Waals surface area (Å²) >= 11 is 0. The molecule has 2 aromatic carbocycles. The van der Waals surface area contributed by atoms with Crippen LogP contribution in [-0.4, -0.2) is 12.6 Å². The van der Waals surface area contributed by atoms with Gasteiger partial charge in [-0.1, -0.05) is 42.5 Å². The van der Waals surface area contributed by atoms with Crippen LogP contribution in [0.15, 0.2) is 54.6 Å². The summed E-state index contributed by atoms with van der Waals surface area (Å²) < 4.78 is 10.7. The minimum atomic E-state index is -0.368. The van der Waals surface area contributed by atoms with Crippen molar-refractivity contribution in [3.8, 4) is 5.75 Å². The summed E-state index contributed by atoms with van der Waals surface area (Å²) in [6.07, 6.45) is 0. The van der Waals surface area contributed by atoms with E-state index < -0.39 is 0 Å². The van der Waals surface area contributed by atoms with Crippen molar-refractivity contribution in [3.05, 3.63) is 65.7 Å². The lowest BCUT2D eigenvalue weighted by Crippen LogP contribution is -2.08. The smallest absolute Gasteiger partial charge is 0.342 e. The van der Waals surface area contributed by atoms with Gasteiger partial charge in [0.2, 0.25) is 0 Å². The van der Waals surface area contributed by atoms with E-state index in [1.165, 1.54) is 0 Å². The number of ether oxygens (including phenoxy) is 2. The van der Waals surface area contributed by atoms with E-state index in [4.69, 9.17) is 9.47 Å². The van der Waals surface area contributed by atoms with Crippen LogP contribution in [0.2, 0.25) is 0 Å². The third-order valence-corrected chi connectivity index (χ3v) is 2.62. The first kappa shape index (κ1) is 13.1. The SMILES string of the molecule is CCOc1ccccc1C(=O)OCc1ccccc1. The molecule has 0 aliphatic rings. The molecule has 0 heterocycles. The first-order chi connectivity index (χ1) is 9.31. The fourth-order valence-electron chi connectivity index (χ4n) is 1.72. The Morgan fingerprint density at radius 1 is 1.00 bits per heavy atom. The molecule has 0 N–H and O–H groups in total. The molecule has 0 unspecified atom stereocenters. The van der Waals surface area contributed by atoms with Gasteiger partial charge in [0.15, 0.2) is 0 Å². The van der Waals surface area contributed by atoms with Crippen molar-refractivity contribution in [2.24, 2.45) is 0 Å². The molecule has 0 bridgehead atoms. The maximum Gasteiger partial charge on any atom is 0.342 e. The fourth-order valence-corrected chi connectivity index (χ4v) is 1.72. The summed E-state index contributed by atoms with van der Waals surface area (Å²) in [5, 5.41) is 0. The van der Waals surface area contributed by atoms with Gasteiger partial charge in [0.05, 0.1) is 6.61 Å². The molecule has 0 saturated carbocycles. The summed E-state index contributed by atoms with van der Waals surface area (Å²) in [6.45, 7) is 2.66. The first-order valence-corrected chi connectivity index (χ1v) is 6.24. The molecule has 0 aliphatic heterocycles. The molecular formula is C16H16O3. The van der Waals surface area contributed by atoms with E-state index in [0.29, 0.717) is 17.9 Å². The minimum Gasteiger partial charge on any atom is -0.493 e. The maximum absolute atomic E-state index is 12.0. The number of hydrogen-bond donors (Lipinski definition) is 0. The van der Waals surface area contributed by atoms with Crippen LogP contribution in [0.1, 0.15) is 22.8 Å². The van der Waals surface area contributed by atoms with Crippen LogP contribution in [-0.2, 0) is 11.3 Å². The molecule has 0 radical (unpaired) electrons. The normalized spacial score (nSPS) is 9.95. The van der Waals surface area contributed by atoms with Gasteiger partial charge in [-0.15, -0.1) is 0 Å². The van der Waals surface area contributed by atoms with Gasteiger partial charge in [-0.05, 0) is 24.6 Å². The molecule has 0 saturated heterocycles. The van der Waals surface area contributed by atoms with E-state index >= 15 is 0 Å². The van der Waals surface area contributed by atoms with Crippen LogP contribution in [0, 0.1) is 0 Å². The predicted octanol–water partition coefficient (Wildman–Crippen LogP) is 3.44. The monoisotopic (exact) mass is 256 g/mol. The average molecular weight is 256 g/mol. The highest BCUT2D eigenvalue weighted by atomic mass is 16.5. The Kier molecular flexibility index (Phi) is 4.56. The molecule has 3 heteroatoms. The van der Waals surface area contributed by atoms with Crippen molar-refractivity contribution in [3.63, 3.8) is 0 Å². The lowest BCUT2D eigenvalue weighted by Gasteiger charge is -2.09. The van der Waals surface area contributed by atoms with Crippen LogP contribution in [0.25, 0.3) is 0 Å². The van der Waals surface area contributed by atoms with Crippen LogP contribution < -0.4 is 4.74 Å². The zero-order valence-electron chi connectivity index (χ0n) is 10.8. The number of esters is 1. The molecular weight excluding hydrogens is 240 g/mol. The van der Waals surface area contributed by atoms with Gasteiger partial charge >= 0.3 is 5.97 Å². The number of carbonyl (C=O) groups is 1. The van der Waals surface area contributed by atoms with E-state index in [0.717, 1.165) is 5.56 Å². The topological polar surface area (TPSA) is 35.5 Å². The highest BCUT2D eigenvalue weighted by Gasteiger charge is 2.13. The summed E-state index contributed by atoms with van der Waals surface area (Å²) in [4.78, 5) is 12.0. The lowest BCUT2D eigenvalue weighted by molar-refractivity contribution is 0.0468. The standard InChI is InChI=1S/C16H16O3/c1-2-18-15-11-7-6-10-14(15)16(17)19-12-13-8-4-3-5-9-13/h3-11H,2,12H2,1H3. The molecule has 19 heavy (non-hydrogen) atoms. The van der Waals surface area contributed by atoms with E-state index in [9.17, 15) is 4.79 Å². The quantitative estimate of drug-likeness (QED) is 0.769. The largest absolute Gasteiger partial charge is 0.493 e. The number of benzene rings is 2. The van der Waals surface area contributed by atoms with Gasteiger partial charge in [-0.2, -0.15) is 0 Å². The van der Waals surface area contributed by atoms with Crippen LogP contribution >= 0.6 is 0 Å². The second-order valence-electron chi connectivity index (χ2n) is 3.99. The van der Waals surface area contributed by atoms with E-state index in [2.05, 4.69) is 0 Å². The Morgan fingerprint density at radius 3 is 2.42 bits per heavy atom. The average Bonchev–Trinajstić information content (AvgIpc) is 2.47. The predicted molar refractivity (Wildman–Crippen MR) is 73.2 cm³/mol. The lowest BCUT2D eigenvalue weighted by atomic mass is 10.2. The number of rotatable bonds is 5. The molecule has 2 aromatic rings. The Labute approximate surface area is 112 Å². The highest BCUT2D eigenvalue weighted by Crippen LogP contribution is 2.19. The second kappa shape index (κ2) is 6.59. The van der Waals surface area contributed by atoms with Crippen molar-refractivity contribution >= 4 is 5.97 Å². The Balaban J connectivity index is 2.04.